The fourth-order valence-corrected chi connectivity index (χ4v) is 4.48. The summed E-state index contributed by atoms with van der Waals surface area (Å²) in [5.74, 6) is -0.0940. The number of nitriles is 1. The summed E-state index contributed by atoms with van der Waals surface area (Å²) >= 11 is 0. The van der Waals surface area contributed by atoms with E-state index in [1.807, 2.05) is 60.7 Å². The highest BCUT2D eigenvalue weighted by Crippen LogP contribution is 2.30. The van der Waals surface area contributed by atoms with Crippen LogP contribution in [0.5, 0.6) is 0 Å². The molecule has 2 atom stereocenters. The van der Waals surface area contributed by atoms with E-state index in [0.29, 0.717) is 19.4 Å². The van der Waals surface area contributed by atoms with Crippen molar-refractivity contribution in [2.45, 2.75) is 51.1 Å². The van der Waals surface area contributed by atoms with E-state index in [9.17, 15) is 19.5 Å². The van der Waals surface area contributed by atoms with Gasteiger partial charge in [0.25, 0.3) is 0 Å². The van der Waals surface area contributed by atoms with E-state index in [-0.39, 0.29) is 25.3 Å². The lowest BCUT2D eigenvalue weighted by molar-refractivity contribution is -0.782. The molecule has 3 rings (SSSR count). The first kappa shape index (κ1) is 25.9. The molecule has 0 aliphatic carbocycles. The minimum Gasteiger partial charge on any atom is -0.435 e. The molecule has 1 aliphatic heterocycles. The van der Waals surface area contributed by atoms with Crippen molar-refractivity contribution in [3.8, 4) is 6.07 Å². The van der Waals surface area contributed by atoms with Crippen molar-refractivity contribution in [1.29, 1.82) is 5.26 Å². The number of benzene rings is 2. The highest BCUT2D eigenvalue weighted by molar-refractivity contribution is 5.91. The lowest BCUT2D eigenvalue weighted by Crippen LogP contribution is -2.54. The number of quaternary nitrogens is 1. The first-order valence-electron chi connectivity index (χ1n) is 12.0. The van der Waals surface area contributed by atoms with Crippen LogP contribution in [-0.4, -0.2) is 51.5 Å². The third-order valence-electron chi connectivity index (χ3n) is 6.34. The van der Waals surface area contributed by atoms with Crippen LogP contribution in [0.1, 0.15) is 43.2 Å². The maximum absolute atomic E-state index is 13.5. The maximum atomic E-state index is 13.5. The monoisotopic (exact) mass is 474 g/mol. The quantitative estimate of drug-likeness (QED) is 0.255. The number of hydrogen-bond acceptors (Lipinski definition) is 4. The molecule has 35 heavy (non-hydrogen) atoms. The number of amides is 3. The minimum atomic E-state index is -1.19. The van der Waals surface area contributed by atoms with Gasteiger partial charge >= 0.3 is 12.1 Å². The first-order chi connectivity index (χ1) is 17.0. The van der Waals surface area contributed by atoms with Crippen molar-refractivity contribution in [2.75, 3.05) is 13.1 Å². The number of carbonyl (C=O) groups excluding carboxylic acids is 2. The maximum Gasteiger partial charge on any atom is 0.523 e. The Kier molecular flexibility index (Phi) is 9.33. The molecular formula is C28H32N3O4+. The average Bonchev–Trinajstić information content (AvgIpc) is 3.13. The van der Waals surface area contributed by atoms with Gasteiger partial charge in [-0.2, -0.15) is 10.1 Å². The van der Waals surface area contributed by atoms with Gasteiger partial charge < -0.3 is 5.11 Å². The summed E-state index contributed by atoms with van der Waals surface area (Å²) in [6.07, 6.45) is 5.99. The predicted molar refractivity (Wildman–Crippen MR) is 132 cm³/mol. The Labute approximate surface area is 206 Å². The molecule has 1 N–H and O–H groups in total. The van der Waals surface area contributed by atoms with E-state index in [0.717, 1.165) is 30.4 Å². The Hall–Kier alpha value is -3.76. The van der Waals surface area contributed by atoms with Crippen molar-refractivity contribution in [1.82, 2.24) is 4.90 Å². The topological polar surface area (TPSA) is 98.5 Å². The summed E-state index contributed by atoms with van der Waals surface area (Å²) in [4.78, 5) is 40.2. The molecule has 1 fully saturated rings. The Morgan fingerprint density at radius 1 is 1.00 bits per heavy atom. The number of imide groups is 1. The van der Waals surface area contributed by atoms with Crippen LogP contribution in [0.15, 0.2) is 72.8 Å². The van der Waals surface area contributed by atoms with Crippen LogP contribution in [0.3, 0.4) is 0 Å². The van der Waals surface area contributed by atoms with Gasteiger partial charge in [-0.15, -0.1) is 4.48 Å². The third kappa shape index (κ3) is 6.87. The van der Waals surface area contributed by atoms with E-state index < -0.39 is 22.6 Å². The van der Waals surface area contributed by atoms with Crippen LogP contribution in [0, 0.1) is 11.3 Å². The molecule has 1 heterocycles. The standard InChI is InChI=1S/C28H31N3O4/c29-18-10-2-1-3-11-19-30-25(16-17-26(32)20-23-12-6-4-7-13-23)22-31(27(30)33,28(34)35)21-24-14-8-5-9-15-24/h4-9,12-17,25H,1-3,10-11,19-22H2/p+1/b17-16+/t25-,31?/m0/s1. The summed E-state index contributed by atoms with van der Waals surface area (Å²) in [5.41, 5.74) is 1.67. The number of ketones is 1. The summed E-state index contributed by atoms with van der Waals surface area (Å²) < 4.78 is -0.722. The molecule has 0 saturated carbocycles. The van der Waals surface area contributed by atoms with Gasteiger partial charge in [-0.25, -0.2) is 4.79 Å². The van der Waals surface area contributed by atoms with Crippen molar-refractivity contribution in [2.24, 2.45) is 0 Å². The molecule has 1 unspecified atom stereocenters. The van der Waals surface area contributed by atoms with Gasteiger partial charge in [0, 0.05) is 24.9 Å². The zero-order valence-corrected chi connectivity index (χ0v) is 19.9. The number of hydrogen-bond donors (Lipinski definition) is 1. The Balaban J connectivity index is 1.77. The second-order valence-electron chi connectivity index (χ2n) is 8.93. The lowest BCUT2D eigenvalue weighted by Gasteiger charge is -2.24. The van der Waals surface area contributed by atoms with Crippen LogP contribution < -0.4 is 0 Å². The van der Waals surface area contributed by atoms with Crippen LogP contribution in [0.2, 0.25) is 0 Å². The number of nitrogens with zero attached hydrogens (tertiary/aromatic N) is 3. The Morgan fingerprint density at radius 3 is 2.26 bits per heavy atom. The van der Waals surface area contributed by atoms with Crippen molar-refractivity contribution in [3.63, 3.8) is 0 Å². The highest BCUT2D eigenvalue weighted by atomic mass is 16.4. The van der Waals surface area contributed by atoms with Gasteiger partial charge in [0.05, 0.1) is 6.07 Å². The highest BCUT2D eigenvalue weighted by Gasteiger charge is 2.57. The Morgan fingerprint density at radius 2 is 1.63 bits per heavy atom. The molecule has 7 heteroatoms. The fraction of sp³-hybridized carbons (Fsp3) is 0.357. The van der Waals surface area contributed by atoms with Crippen molar-refractivity contribution in [3.05, 3.63) is 83.9 Å². The molecule has 0 radical (unpaired) electrons. The van der Waals surface area contributed by atoms with Crippen molar-refractivity contribution < 1.29 is 24.0 Å². The van der Waals surface area contributed by atoms with E-state index in [1.165, 1.54) is 6.08 Å². The second kappa shape index (κ2) is 12.6. The summed E-state index contributed by atoms with van der Waals surface area (Å²) in [6.45, 7) is 0.526. The van der Waals surface area contributed by atoms with Gasteiger partial charge in [-0.3, -0.25) is 9.69 Å². The number of urea groups is 1. The lowest BCUT2D eigenvalue weighted by atomic mass is 10.1. The molecule has 0 aromatic heterocycles. The van der Waals surface area contributed by atoms with E-state index in [4.69, 9.17) is 5.26 Å². The van der Waals surface area contributed by atoms with Gasteiger partial charge in [0.15, 0.2) is 5.78 Å². The number of rotatable bonds is 12. The molecule has 1 aliphatic rings. The molecule has 0 spiro atoms. The van der Waals surface area contributed by atoms with E-state index in [2.05, 4.69) is 6.07 Å². The molecule has 3 amide bonds. The number of carboxylic acid groups (broad SMARTS) is 1. The number of unbranched alkanes of at least 4 members (excludes halogenated alkanes) is 4. The first-order valence-corrected chi connectivity index (χ1v) is 12.0. The predicted octanol–water partition coefficient (Wildman–Crippen LogP) is 5.33. The zero-order valence-electron chi connectivity index (χ0n) is 19.9. The van der Waals surface area contributed by atoms with Crippen LogP contribution in [0.25, 0.3) is 0 Å². The van der Waals surface area contributed by atoms with Crippen molar-refractivity contribution >= 4 is 17.9 Å². The zero-order chi connectivity index (χ0) is 25.1. The average molecular weight is 475 g/mol. The van der Waals surface area contributed by atoms with Gasteiger partial charge in [-0.05, 0) is 24.5 Å². The fourth-order valence-electron chi connectivity index (χ4n) is 4.48. The minimum absolute atomic E-state index is 0.0516. The van der Waals surface area contributed by atoms with E-state index >= 15 is 0 Å². The van der Waals surface area contributed by atoms with E-state index in [1.54, 1.807) is 11.0 Å². The third-order valence-corrected chi connectivity index (χ3v) is 6.34. The second-order valence-corrected chi connectivity index (χ2v) is 8.93. The van der Waals surface area contributed by atoms with Crippen LogP contribution in [-0.2, 0) is 17.8 Å². The largest absolute Gasteiger partial charge is 0.523 e. The SMILES string of the molecule is N#CCCCCCCN1C(=O)[N+](Cc2ccccc2)(C(=O)O)C[C@@H]1/C=C/C(=O)Cc1ccccc1. The van der Waals surface area contributed by atoms with Gasteiger partial charge in [0.2, 0.25) is 0 Å². The van der Waals surface area contributed by atoms with Crippen LogP contribution >= 0.6 is 0 Å². The molecule has 2 aromatic rings. The molecule has 0 bridgehead atoms. The summed E-state index contributed by atoms with van der Waals surface area (Å²) in [6, 6.07) is 19.8. The molecule has 7 nitrogen and oxygen atoms in total. The van der Waals surface area contributed by atoms with Gasteiger partial charge in [-0.1, -0.05) is 79.6 Å². The molecule has 1 saturated heterocycles. The number of carbonyl (C=O) groups is 3. The molecule has 182 valence electrons. The number of allylic oxidation sites excluding steroid dienone is 1. The smallest absolute Gasteiger partial charge is 0.435 e. The Bertz CT molecular complexity index is 1080. The summed E-state index contributed by atoms with van der Waals surface area (Å²) in [7, 11) is 0. The van der Waals surface area contributed by atoms with Crippen LogP contribution in [0.4, 0.5) is 9.59 Å². The normalized spacial score (nSPS) is 19.7. The summed E-state index contributed by atoms with van der Waals surface area (Å²) in [5, 5.41) is 18.9. The molecule has 2 aromatic carbocycles. The van der Waals surface area contributed by atoms with Gasteiger partial charge in [0.1, 0.15) is 19.1 Å². The molecular weight excluding hydrogens is 442 g/mol.